The number of nitrogens with one attached hydrogen (secondary N) is 1. The molecule has 29 heavy (non-hydrogen) atoms. The fourth-order valence-electron chi connectivity index (χ4n) is 4.23. The molecule has 1 aliphatic rings. The van der Waals surface area contributed by atoms with Gasteiger partial charge in [-0.1, -0.05) is 30.3 Å². The van der Waals surface area contributed by atoms with Crippen molar-refractivity contribution in [2.45, 2.75) is 24.7 Å². The first-order valence-electron chi connectivity index (χ1n) is 9.74. The number of carbonyl (C=O) groups is 2. The van der Waals surface area contributed by atoms with Crippen molar-refractivity contribution in [2.24, 2.45) is 0 Å². The fraction of sp³-hybridized carbons (Fsp3) is 0.304. The van der Waals surface area contributed by atoms with Gasteiger partial charge in [-0.2, -0.15) is 0 Å². The molecule has 0 aliphatic carbocycles. The maximum Gasteiger partial charge on any atom is 0.314 e. The number of carboxylic acids is 1. The molecule has 0 unspecified atom stereocenters. The number of carbonyl (C=O) groups excluding carboxylic acids is 1. The molecule has 0 radical (unpaired) electrons. The largest absolute Gasteiger partial charge is 0.497 e. The highest BCUT2D eigenvalue weighted by Gasteiger charge is 2.43. The minimum absolute atomic E-state index is 0.0146. The second-order valence-electron chi connectivity index (χ2n) is 7.54. The van der Waals surface area contributed by atoms with E-state index in [9.17, 15) is 14.7 Å². The third-order valence-electron chi connectivity index (χ3n) is 6.02. The van der Waals surface area contributed by atoms with Gasteiger partial charge in [0.1, 0.15) is 5.75 Å². The van der Waals surface area contributed by atoms with Crippen molar-refractivity contribution in [2.75, 3.05) is 20.2 Å². The number of nitrogens with zero attached hydrogens (tertiary/aromatic N) is 1. The van der Waals surface area contributed by atoms with Crippen LogP contribution in [0.1, 0.15) is 24.0 Å². The zero-order valence-corrected chi connectivity index (χ0v) is 16.4. The van der Waals surface area contributed by atoms with Crippen molar-refractivity contribution < 1.29 is 19.4 Å². The van der Waals surface area contributed by atoms with Gasteiger partial charge >= 0.3 is 5.97 Å². The number of hydrogen-bond donors (Lipinski definition) is 2. The third-order valence-corrected chi connectivity index (χ3v) is 6.02. The molecule has 6 heteroatoms. The van der Waals surface area contributed by atoms with Gasteiger partial charge < -0.3 is 19.7 Å². The predicted octanol–water partition coefficient (Wildman–Crippen LogP) is 3.36. The van der Waals surface area contributed by atoms with Crippen LogP contribution in [0, 0.1) is 0 Å². The first-order chi connectivity index (χ1) is 14.0. The molecule has 6 nitrogen and oxygen atoms in total. The maximum absolute atomic E-state index is 12.9. The number of piperidine rings is 1. The van der Waals surface area contributed by atoms with E-state index in [2.05, 4.69) is 4.98 Å². The summed E-state index contributed by atoms with van der Waals surface area (Å²) in [6, 6.07) is 15.1. The van der Waals surface area contributed by atoms with Crippen LogP contribution in [-0.2, 0) is 21.4 Å². The number of aliphatic carboxylic acids is 1. The number of carboxylic acid groups (broad SMARTS) is 1. The number of ether oxygens (including phenoxy) is 1. The van der Waals surface area contributed by atoms with E-state index in [-0.39, 0.29) is 12.3 Å². The van der Waals surface area contributed by atoms with E-state index in [0.717, 1.165) is 27.8 Å². The van der Waals surface area contributed by atoms with Gasteiger partial charge in [-0.25, -0.2) is 0 Å². The van der Waals surface area contributed by atoms with E-state index in [1.165, 1.54) is 0 Å². The molecule has 0 atom stereocenters. The number of H-pyrrole nitrogens is 1. The van der Waals surface area contributed by atoms with Crippen LogP contribution in [0.15, 0.2) is 54.7 Å². The van der Waals surface area contributed by atoms with Crippen LogP contribution in [0.5, 0.6) is 5.75 Å². The van der Waals surface area contributed by atoms with Crippen molar-refractivity contribution in [3.8, 4) is 5.75 Å². The Morgan fingerprint density at radius 3 is 2.52 bits per heavy atom. The molecular weight excluding hydrogens is 368 g/mol. The lowest BCUT2D eigenvalue weighted by molar-refractivity contribution is -0.148. The number of aromatic amines is 1. The number of amides is 1. The third kappa shape index (κ3) is 3.46. The van der Waals surface area contributed by atoms with E-state index in [1.807, 2.05) is 54.7 Å². The first-order valence-corrected chi connectivity index (χ1v) is 9.74. The molecule has 1 amide bonds. The summed E-state index contributed by atoms with van der Waals surface area (Å²) in [4.78, 5) is 30.0. The van der Waals surface area contributed by atoms with Crippen LogP contribution >= 0.6 is 0 Å². The molecular formula is C23H24N2O4. The average Bonchev–Trinajstić information content (AvgIpc) is 3.16. The van der Waals surface area contributed by atoms with E-state index in [0.29, 0.717) is 25.9 Å². The van der Waals surface area contributed by atoms with Crippen molar-refractivity contribution in [1.29, 1.82) is 0 Å². The summed E-state index contributed by atoms with van der Waals surface area (Å²) in [7, 11) is 1.62. The number of aromatic nitrogens is 1. The van der Waals surface area contributed by atoms with Crippen LogP contribution < -0.4 is 4.74 Å². The highest BCUT2D eigenvalue weighted by Crippen LogP contribution is 2.36. The highest BCUT2D eigenvalue weighted by molar-refractivity contribution is 5.90. The van der Waals surface area contributed by atoms with E-state index < -0.39 is 11.4 Å². The lowest BCUT2D eigenvalue weighted by atomic mass is 9.73. The molecule has 1 saturated heterocycles. The van der Waals surface area contributed by atoms with Crippen LogP contribution in [0.4, 0.5) is 0 Å². The van der Waals surface area contributed by atoms with Crippen molar-refractivity contribution in [3.05, 3.63) is 65.9 Å². The number of fused-ring (bicyclic) bond motifs is 1. The van der Waals surface area contributed by atoms with Gasteiger partial charge in [0.25, 0.3) is 0 Å². The summed E-state index contributed by atoms with van der Waals surface area (Å²) in [5, 5.41) is 10.9. The molecule has 1 aromatic heterocycles. The molecule has 150 valence electrons. The normalized spacial score (nSPS) is 16.0. The van der Waals surface area contributed by atoms with Crippen molar-refractivity contribution in [1.82, 2.24) is 9.88 Å². The summed E-state index contributed by atoms with van der Waals surface area (Å²) < 4.78 is 5.29. The number of benzene rings is 2. The average molecular weight is 392 g/mol. The molecule has 2 aromatic carbocycles. The monoisotopic (exact) mass is 392 g/mol. The van der Waals surface area contributed by atoms with E-state index in [1.54, 1.807) is 12.0 Å². The molecule has 4 rings (SSSR count). The Bertz CT molecular complexity index is 1030. The molecule has 0 bridgehead atoms. The smallest absolute Gasteiger partial charge is 0.314 e. The summed E-state index contributed by atoms with van der Waals surface area (Å²) in [5.74, 6) is -0.0573. The fourth-order valence-corrected chi connectivity index (χ4v) is 4.23. The standard InChI is InChI=1S/C23H24N2O4/c1-29-18-7-8-20-19(14-18)16(15-24-20)13-21(26)25-11-9-23(10-12-25,22(27)28)17-5-3-2-4-6-17/h2-8,14-15,24H,9-13H2,1H3,(H,27,28). The molecule has 0 spiro atoms. The zero-order chi connectivity index (χ0) is 20.4. The topological polar surface area (TPSA) is 82.6 Å². The minimum atomic E-state index is -0.924. The van der Waals surface area contributed by atoms with E-state index in [4.69, 9.17) is 4.74 Å². The first kappa shape index (κ1) is 19.1. The number of likely N-dealkylation sites (tertiary alicyclic amines) is 1. The number of rotatable bonds is 5. The molecule has 0 saturated carbocycles. The van der Waals surface area contributed by atoms with Crippen molar-refractivity contribution >= 4 is 22.8 Å². The van der Waals surface area contributed by atoms with Gasteiger partial charge in [0, 0.05) is 30.2 Å². The Morgan fingerprint density at radius 2 is 1.86 bits per heavy atom. The van der Waals surface area contributed by atoms with Crippen LogP contribution in [0.2, 0.25) is 0 Å². The second-order valence-corrected chi connectivity index (χ2v) is 7.54. The van der Waals surface area contributed by atoms with Crippen LogP contribution in [0.25, 0.3) is 10.9 Å². The highest BCUT2D eigenvalue weighted by atomic mass is 16.5. The van der Waals surface area contributed by atoms with Crippen LogP contribution in [-0.4, -0.2) is 47.1 Å². The van der Waals surface area contributed by atoms with Gasteiger partial charge in [0.15, 0.2) is 0 Å². The molecule has 3 aromatic rings. The van der Waals surface area contributed by atoms with Gasteiger partial charge in [0.2, 0.25) is 5.91 Å². The summed E-state index contributed by atoms with van der Waals surface area (Å²) in [5.41, 5.74) is 1.76. The number of hydrogen-bond acceptors (Lipinski definition) is 3. The Kier molecular flexibility index (Phi) is 5.01. The van der Waals surface area contributed by atoms with Crippen LogP contribution in [0.3, 0.4) is 0 Å². The zero-order valence-electron chi connectivity index (χ0n) is 16.4. The molecule has 1 fully saturated rings. The Balaban J connectivity index is 1.49. The Hall–Kier alpha value is -3.28. The maximum atomic E-state index is 12.9. The Labute approximate surface area is 169 Å². The molecule has 2 N–H and O–H groups in total. The minimum Gasteiger partial charge on any atom is -0.497 e. The summed E-state index contributed by atoms with van der Waals surface area (Å²) >= 11 is 0. The van der Waals surface area contributed by atoms with Crippen molar-refractivity contribution in [3.63, 3.8) is 0 Å². The second kappa shape index (κ2) is 7.62. The predicted molar refractivity (Wildman–Crippen MR) is 110 cm³/mol. The van der Waals surface area contributed by atoms with E-state index >= 15 is 0 Å². The van der Waals surface area contributed by atoms with Gasteiger partial charge in [-0.15, -0.1) is 0 Å². The van der Waals surface area contributed by atoms with Gasteiger partial charge in [-0.3, -0.25) is 9.59 Å². The van der Waals surface area contributed by atoms with Gasteiger partial charge in [0.05, 0.1) is 18.9 Å². The lowest BCUT2D eigenvalue weighted by Gasteiger charge is -2.39. The number of methoxy groups -OCH3 is 1. The quantitative estimate of drug-likeness (QED) is 0.697. The summed E-state index contributed by atoms with van der Waals surface area (Å²) in [6.07, 6.45) is 2.97. The summed E-state index contributed by atoms with van der Waals surface area (Å²) in [6.45, 7) is 0.872. The SMILES string of the molecule is COc1ccc2[nH]cc(CC(=O)N3CCC(C(=O)O)(c4ccccc4)CC3)c2c1. The lowest BCUT2D eigenvalue weighted by Crippen LogP contribution is -2.49. The molecule has 2 heterocycles. The molecule has 1 aliphatic heterocycles. The van der Waals surface area contributed by atoms with Gasteiger partial charge in [-0.05, 0) is 42.2 Å². The Morgan fingerprint density at radius 1 is 1.14 bits per heavy atom.